The largest absolute Gasteiger partial charge is 0.385 e. The lowest BCUT2D eigenvalue weighted by molar-refractivity contribution is 0.180. The van der Waals surface area contributed by atoms with Crippen LogP contribution in [0.5, 0.6) is 0 Å². The molecule has 0 atom stereocenters. The van der Waals surface area contributed by atoms with Crippen LogP contribution in [0.15, 0.2) is 35.3 Å². The minimum Gasteiger partial charge on any atom is -0.385 e. The first-order valence-electron chi connectivity index (χ1n) is 9.78. The number of rotatable bonds is 10. The number of guanidine groups is 1. The van der Waals surface area contributed by atoms with Crippen LogP contribution in [0, 0.1) is 13.8 Å². The zero-order valence-corrected chi connectivity index (χ0v) is 17.8. The smallest absolute Gasteiger partial charge is 0.191 e. The molecule has 2 aromatic rings. The Bertz CT molecular complexity index is 755. The number of likely N-dealkylation sites (N-methyl/N-ethyl adjacent to an activating group) is 1. The SMILES string of the molecule is CN=C(NCCN(C)CCCOC)NCc1ccccc1-n1nc(C)cc1C. The maximum atomic E-state index is 5.10. The molecule has 1 aromatic carbocycles. The van der Waals surface area contributed by atoms with Gasteiger partial charge in [0.05, 0.1) is 11.4 Å². The highest BCUT2D eigenvalue weighted by Gasteiger charge is 2.09. The van der Waals surface area contributed by atoms with E-state index in [4.69, 9.17) is 4.74 Å². The maximum Gasteiger partial charge on any atom is 0.191 e. The molecule has 0 spiro atoms. The van der Waals surface area contributed by atoms with E-state index in [9.17, 15) is 0 Å². The molecule has 7 heteroatoms. The van der Waals surface area contributed by atoms with Crippen LogP contribution < -0.4 is 10.6 Å². The number of methoxy groups -OCH3 is 1. The Labute approximate surface area is 168 Å². The predicted octanol–water partition coefficient (Wildman–Crippen LogP) is 2.12. The van der Waals surface area contributed by atoms with E-state index in [-0.39, 0.29) is 0 Å². The molecule has 28 heavy (non-hydrogen) atoms. The number of nitrogens with one attached hydrogen (secondary N) is 2. The van der Waals surface area contributed by atoms with Crippen molar-refractivity contribution in [2.75, 3.05) is 47.4 Å². The zero-order chi connectivity index (χ0) is 20.4. The molecule has 154 valence electrons. The first kappa shape index (κ1) is 21.9. The standard InChI is InChI=1S/C21H34N6O/c1-17-15-18(2)27(25-17)20-10-7-6-9-19(20)16-24-21(22-3)23-11-13-26(4)12-8-14-28-5/h6-7,9-10,15H,8,11-14,16H2,1-5H3,(H2,22,23,24). The number of ether oxygens (including phenoxy) is 1. The van der Waals surface area contributed by atoms with Crippen LogP contribution in [0.2, 0.25) is 0 Å². The van der Waals surface area contributed by atoms with Gasteiger partial charge in [-0.1, -0.05) is 18.2 Å². The van der Waals surface area contributed by atoms with Gasteiger partial charge in [-0.2, -0.15) is 5.10 Å². The van der Waals surface area contributed by atoms with E-state index in [0.717, 1.165) is 55.7 Å². The van der Waals surface area contributed by atoms with Crippen molar-refractivity contribution in [3.63, 3.8) is 0 Å². The fraction of sp³-hybridized carbons (Fsp3) is 0.524. The van der Waals surface area contributed by atoms with Gasteiger partial charge in [0.1, 0.15) is 0 Å². The maximum absolute atomic E-state index is 5.10. The van der Waals surface area contributed by atoms with Gasteiger partial charge in [0.25, 0.3) is 0 Å². The second-order valence-corrected chi connectivity index (χ2v) is 6.97. The molecule has 0 bridgehead atoms. The third-order valence-corrected chi connectivity index (χ3v) is 4.57. The van der Waals surface area contributed by atoms with Crippen molar-refractivity contribution in [1.82, 2.24) is 25.3 Å². The number of aromatic nitrogens is 2. The Morgan fingerprint density at radius 2 is 2.00 bits per heavy atom. The first-order chi connectivity index (χ1) is 13.5. The summed E-state index contributed by atoms with van der Waals surface area (Å²) < 4.78 is 7.10. The Hall–Kier alpha value is -2.38. The van der Waals surface area contributed by atoms with Crippen LogP contribution in [0.1, 0.15) is 23.4 Å². The third kappa shape index (κ3) is 6.65. The number of para-hydroxylation sites is 1. The van der Waals surface area contributed by atoms with E-state index < -0.39 is 0 Å². The molecule has 0 aliphatic carbocycles. The fourth-order valence-electron chi connectivity index (χ4n) is 3.10. The molecule has 0 aliphatic heterocycles. The van der Waals surface area contributed by atoms with E-state index in [1.54, 1.807) is 14.2 Å². The Morgan fingerprint density at radius 1 is 1.21 bits per heavy atom. The molecule has 0 saturated heterocycles. The lowest BCUT2D eigenvalue weighted by atomic mass is 10.1. The summed E-state index contributed by atoms with van der Waals surface area (Å²) in [5.41, 5.74) is 4.42. The molecule has 0 saturated carbocycles. The van der Waals surface area contributed by atoms with E-state index >= 15 is 0 Å². The Balaban J connectivity index is 1.88. The highest BCUT2D eigenvalue weighted by atomic mass is 16.5. The molecule has 2 N–H and O–H groups in total. The molecule has 0 fully saturated rings. The number of aryl methyl sites for hydroxylation is 2. The Kier molecular flexibility index (Phi) is 8.97. The molecular formula is C21H34N6O. The van der Waals surface area contributed by atoms with Crippen LogP contribution in [-0.4, -0.2) is 68.1 Å². The number of aliphatic imine (C=N–C) groups is 1. The molecular weight excluding hydrogens is 352 g/mol. The average Bonchev–Trinajstić information content (AvgIpc) is 3.03. The van der Waals surface area contributed by atoms with Gasteiger partial charge in [-0.05, 0) is 45.0 Å². The van der Waals surface area contributed by atoms with Gasteiger partial charge in [0, 0.05) is 52.6 Å². The average molecular weight is 387 g/mol. The van der Waals surface area contributed by atoms with Crippen LogP contribution in [0.3, 0.4) is 0 Å². The van der Waals surface area contributed by atoms with Gasteiger partial charge < -0.3 is 20.3 Å². The molecule has 7 nitrogen and oxygen atoms in total. The molecule has 0 radical (unpaired) electrons. The molecule has 0 amide bonds. The minimum absolute atomic E-state index is 0.678. The highest BCUT2D eigenvalue weighted by molar-refractivity contribution is 5.79. The second-order valence-electron chi connectivity index (χ2n) is 6.97. The van der Waals surface area contributed by atoms with Gasteiger partial charge in [0.2, 0.25) is 0 Å². The summed E-state index contributed by atoms with van der Waals surface area (Å²) >= 11 is 0. The zero-order valence-electron chi connectivity index (χ0n) is 17.8. The van der Waals surface area contributed by atoms with Gasteiger partial charge in [0.15, 0.2) is 5.96 Å². The summed E-state index contributed by atoms with van der Waals surface area (Å²) in [6.07, 6.45) is 1.04. The monoisotopic (exact) mass is 386 g/mol. The van der Waals surface area contributed by atoms with E-state index in [0.29, 0.717) is 6.54 Å². The topological polar surface area (TPSA) is 66.7 Å². The van der Waals surface area contributed by atoms with Crippen molar-refractivity contribution in [3.8, 4) is 5.69 Å². The van der Waals surface area contributed by atoms with Crippen LogP contribution in [0.25, 0.3) is 5.69 Å². The third-order valence-electron chi connectivity index (χ3n) is 4.57. The summed E-state index contributed by atoms with van der Waals surface area (Å²) in [6, 6.07) is 10.4. The van der Waals surface area contributed by atoms with Crippen LogP contribution >= 0.6 is 0 Å². The lowest BCUT2D eigenvalue weighted by Gasteiger charge is -2.18. The molecule has 1 aromatic heterocycles. The predicted molar refractivity (Wildman–Crippen MR) is 115 cm³/mol. The summed E-state index contributed by atoms with van der Waals surface area (Å²) in [5, 5.41) is 11.4. The van der Waals surface area contributed by atoms with Crippen molar-refractivity contribution in [2.24, 2.45) is 4.99 Å². The summed E-state index contributed by atoms with van der Waals surface area (Å²) in [5.74, 6) is 0.800. The van der Waals surface area contributed by atoms with Crippen LogP contribution in [-0.2, 0) is 11.3 Å². The minimum atomic E-state index is 0.678. The molecule has 0 unspecified atom stereocenters. The number of hydrogen-bond acceptors (Lipinski definition) is 4. The van der Waals surface area contributed by atoms with E-state index in [1.165, 1.54) is 5.56 Å². The molecule has 1 heterocycles. The quantitative estimate of drug-likeness (QED) is 0.372. The first-order valence-corrected chi connectivity index (χ1v) is 9.78. The van der Waals surface area contributed by atoms with Crippen molar-refractivity contribution in [3.05, 3.63) is 47.3 Å². The van der Waals surface area contributed by atoms with Gasteiger partial charge in [-0.3, -0.25) is 4.99 Å². The summed E-state index contributed by atoms with van der Waals surface area (Å²) in [4.78, 5) is 6.62. The van der Waals surface area contributed by atoms with Crippen LogP contribution in [0.4, 0.5) is 0 Å². The number of hydrogen-bond donors (Lipinski definition) is 2. The fourth-order valence-corrected chi connectivity index (χ4v) is 3.10. The molecule has 0 aliphatic rings. The summed E-state index contributed by atoms with van der Waals surface area (Å²) in [7, 11) is 5.66. The van der Waals surface area contributed by atoms with Gasteiger partial charge in [-0.15, -0.1) is 0 Å². The lowest BCUT2D eigenvalue weighted by Crippen LogP contribution is -2.40. The summed E-state index contributed by atoms with van der Waals surface area (Å²) in [6.45, 7) is 8.39. The highest BCUT2D eigenvalue weighted by Crippen LogP contribution is 2.16. The second kappa shape index (κ2) is 11.5. The molecule has 2 rings (SSSR count). The van der Waals surface area contributed by atoms with Gasteiger partial charge in [-0.25, -0.2) is 4.68 Å². The van der Waals surface area contributed by atoms with E-state index in [2.05, 4.69) is 63.9 Å². The normalized spacial score (nSPS) is 11.9. The number of benzene rings is 1. The van der Waals surface area contributed by atoms with Crippen molar-refractivity contribution < 1.29 is 4.74 Å². The van der Waals surface area contributed by atoms with Crippen molar-refractivity contribution in [2.45, 2.75) is 26.8 Å². The van der Waals surface area contributed by atoms with Crippen molar-refractivity contribution >= 4 is 5.96 Å². The van der Waals surface area contributed by atoms with E-state index in [1.807, 2.05) is 17.7 Å². The Morgan fingerprint density at radius 3 is 2.68 bits per heavy atom. The number of nitrogens with zero attached hydrogens (tertiary/aromatic N) is 4. The van der Waals surface area contributed by atoms with Crippen molar-refractivity contribution in [1.29, 1.82) is 0 Å². The van der Waals surface area contributed by atoms with Gasteiger partial charge >= 0.3 is 0 Å².